The molecule has 0 radical (unpaired) electrons. The van der Waals surface area contributed by atoms with E-state index in [0.717, 1.165) is 10.6 Å². The molecular weight excluding hydrogens is 262 g/mol. The van der Waals surface area contributed by atoms with Gasteiger partial charge in [-0.15, -0.1) is 0 Å². The molecule has 1 N–H and O–H groups in total. The zero-order valence-electron chi connectivity index (χ0n) is 11.1. The standard InChI is InChI=1S/C14H16ClN3O/c1-14(2,3)18(19)9-12-8-16-13(17-12)10-5-4-6-11(15)7-10/h4-9,19H,1-3H3/b12-9+. The molecule has 0 saturated carbocycles. The van der Waals surface area contributed by atoms with Crippen LogP contribution in [0.4, 0.5) is 0 Å². The minimum atomic E-state index is -0.380. The molecule has 1 aromatic carbocycles. The quantitative estimate of drug-likeness (QED) is 0.841. The summed E-state index contributed by atoms with van der Waals surface area (Å²) < 4.78 is 0. The second-order valence-corrected chi connectivity index (χ2v) is 5.71. The maximum Gasteiger partial charge on any atom is 0.159 e. The molecule has 4 nitrogen and oxygen atoms in total. The second-order valence-electron chi connectivity index (χ2n) is 5.27. The van der Waals surface area contributed by atoms with Gasteiger partial charge in [0.05, 0.1) is 18.0 Å². The number of allylic oxidation sites excluding steroid dienone is 1. The molecule has 0 spiro atoms. The van der Waals surface area contributed by atoms with Crippen LogP contribution in [0.15, 0.2) is 46.1 Å². The number of benzene rings is 1. The van der Waals surface area contributed by atoms with Crippen molar-refractivity contribution in [1.29, 1.82) is 0 Å². The molecule has 1 aromatic rings. The highest BCUT2D eigenvalue weighted by Crippen LogP contribution is 2.17. The van der Waals surface area contributed by atoms with Gasteiger partial charge < -0.3 is 0 Å². The first-order valence-electron chi connectivity index (χ1n) is 5.95. The molecular formula is C14H16ClN3O. The zero-order valence-corrected chi connectivity index (χ0v) is 11.9. The van der Waals surface area contributed by atoms with Crippen molar-refractivity contribution in [1.82, 2.24) is 5.06 Å². The highest BCUT2D eigenvalue weighted by atomic mass is 35.5. The first kappa shape index (κ1) is 13.8. The van der Waals surface area contributed by atoms with Gasteiger partial charge in [0.25, 0.3) is 0 Å². The summed E-state index contributed by atoms with van der Waals surface area (Å²) in [6, 6.07) is 7.35. The van der Waals surface area contributed by atoms with Gasteiger partial charge in [-0.3, -0.25) is 10.3 Å². The minimum absolute atomic E-state index is 0.380. The highest BCUT2D eigenvalue weighted by molar-refractivity contribution is 6.31. The fraction of sp³-hybridized carbons (Fsp3) is 0.286. The van der Waals surface area contributed by atoms with Crippen molar-refractivity contribution in [2.45, 2.75) is 26.3 Å². The summed E-state index contributed by atoms with van der Waals surface area (Å²) in [5, 5.41) is 11.6. The molecule has 0 aliphatic carbocycles. The molecule has 2 rings (SSSR count). The Hall–Kier alpha value is -1.65. The second kappa shape index (κ2) is 5.15. The van der Waals surface area contributed by atoms with E-state index in [4.69, 9.17) is 11.6 Å². The van der Waals surface area contributed by atoms with Crippen LogP contribution in [0.25, 0.3) is 0 Å². The Kier molecular flexibility index (Phi) is 3.73. The Morgan fingerprint density at radius 2 is 2.05 bits per heavy atom. The van der Waals surface area contributed by atoms with E-state index in [2.05, 4.69) is 9.98 Å². The van der Waals surface area contributed by atoms with Crippen LogP contribution in [-0.2, 0) is 0 Å². The molecule has 0 bridgehead atoms. The fourth-order valence-electron chi connectivity index (χ4n) is 1.46. The van der Waals surface area contributed by atoms with Crippen molar-refractivity contribution in [3.63, 3.8) is 0 Å². The summed E-state index contributed by atoms with van der Waals surface area (Å²) >= 11 is 5.93. The molecule has 1 aliphatic heterocycles. The molecule has 0 atom stereocenters. The predicted octanol–water partition coefficient (Wildman–Crippen LogP) is 3.50. The summed E-state index contributed by atoms with van der Waals surface area (Å²) in [6.07, 6.45) is 3.17. The van der Waals surface area contributed by atoms with Gasteiger partial charge in [0.15, 0.2) is 5.84 Å². The van der Waals surface area contributed by atoms with Gasteiger partial charge in [-0.2, -0.15) is 0 Å². The van der Waals surface area contributed by atoms with E-state index in [1.54, 1.807) is 24.5 Å². The first-order valence-corrected chi connectivity index (χ1v) is 6.33. The molecule has 1 aliphatic rings. The van der Waals surface area contributed by atoms with Crippen molar-refractivity contribution < 1.29 is 5.21 Å². The van der Waals surface area contributed by atoms with Crippen molar-refractivity contribution >= 4 is 23.7 Å². The van der Waals surface area contributed by atoms with Crippen LogP contribution < -0.4 is 0 Å². The van der Waals surface area contributed by atoms with Gasteiger partial charge in [-0.25, -0.2) is 9.98 Å². The third kappa shape index (κ3) is 3.43. The van der Waals surface area contributed by atoms with E-state index in [1.165, 1.54) is 0 Å². The van der Waals surface area contributed by atoms with Crippen LogP contribution in [0.5, 0.6) is 0 Å². The third-order valence-electron chi connectivity index (χ3n) is 2.58. The van der Waals surface area contributed by atoms with E-state index < -0.39 is 0 Å². The Labute approximate surface area is 117 Å². The van der Waals surface area contributed by atoms with E-state index >= 15 is 0 Å². The maximum atomic E-state index is 9.85. The summed E-state index contributed by atoms with van der Waals surface area (Å²) in [5.74, 6) is 0.594. The Balaban J connectivity index is 2.23. The third-order valence-corrected chi connectivity index (χ3v) is 2.81. The van der Waals surface area contributed by atoms with E-state index in [1.807, 2.05) is 32.9 Å². The number of amidine groups is 1. The number of hydrogen-bond acceptors (Lipinski definition) is 4. The highest BCUT2D eigenvalue weighted by Gasteiger charge is 2.18. The van der Waals surface area contributed by atoms with Crippen LogP contribution in [0.1, 0.15) is 26.3 Å². The van der Waals surface area contributed by atoms with Gasteiger partial charge in [0.1, 0.15) is 5.70 Å². The van der Waals surface area contributed by atoms with Crippen molar-refractivity contribution in [3.05, 3.63) is 46.7 Å². The number of halogens is 1. The van der Waals surface area contributed by atoms with Gasteiger partial charge in [0, 0.05) is 10.6 Å². The largest absolute Gasteiger partial charge is 0.288 e. The van der Waals surface area contributed by atoms with Gasteiger partial charge >= 0.3 is 0 Å². The SMILES string of the molecule is CC(C)(C)N(O)/C=C1\C=NC(c2cccc(Cl)c2)=N1. The summed E-state index contributed by atoms with van der Waals surface area (Å²) in [4.78, 5) is 8.57. The average Bonchev–Trinajstić information content (AvgIpc) is 2.76. The predicted molar refractivity (Wildman–Crippen MR) is 77.9 cm³/mol. The Bertz CT molecular complexity index is 570. The number of aliphatic imine (C=N–C) groups is 2. The average molecular weight is 278 g/mol. The summed E-state index contributed by atoms with van der Waals surface area (Å²) in [6.45, 7) is 5.70. The lowest BCUT2D eigenvalue weighted by Gasteiger charge is -2.27. The van der Waals surface area contributed by atoms with Crippen LogP contribution in [0, 0.1) is 0 Å². The monoisotopic (exact) mass is 277 g/mol. The lowest BCUT2D eigenvalue weighted by atomic mass is 10.1. The van der Waals surface area contributed by atoms with Crippen molar-refractivity contribution in [2.24, 2.45) is 9.98 Å². The Morgan fingerprint density at radius 1 is 1.32 bits per heavy atom. The summed E-state index contributed by atoms with van der Waals surface area (Å²) in [7, 11) is 0. The molecule has 19 heavy (non-hydrogen) atoms. The lowest BCUT2D eigenvalue weighted by Crippen LogP contribution is -2.34. The molecule has 0 fully saturated rings. The van der Waals surface area contributed by atoms with Gasteiger partial charge in [-0.05, 0) is 32.9 Å². The molecule has 0 aromatic heterocycles. The van der Waals surface area contributed by atoms with E-state index in [-0.39, 0.29) is 5.54 Å². The summed E-state index contributed by atoms with van der Waals surface area (Å²) in [5.41, 5.74) is 1.08. The number of rotatable bonds is 2. The number of hydroxylamine groups is 2. The van der Waals surface area contributed by atoms with Gasteiger partial charge in [0.2, 0.25) is 0 Å². The molecule has 0 saturated heterocycles. The molecule has 0 amide bonds. The van der Waals surface area contributed by atoms with Gasteiger partial charge in [-0.1, -0.05) is 23.7 Å². The first-order chi connectivity index (χ1) is 8.86. The van der Waals surface area contributed by atoms with Crippen LogP contribution in [0.3, 0.4) is 0 Å². The molecule has 0 unspecified atom stereocenters. The zero-order chi connectivity index (χ0) is 14.0. The minimum Gasteiger partial charge on any atom is -0.288 e. The van der Waals surface area contributed by atoms with Crippen LogP contribution >= 0.6 is 11.6 Å². The normalized spacial score (nSPS) is 16.9. The van der Waals surface area contributed by atoms with Crippen molar-refractivity contribution in [3.8, 4) is 0 Å². The van der Waals surface area contributed by atoms with E-state index in [9.17, 15) is 5.21 Å². The molecule has 100 valence electrons. The lowest BCUT2D eigenvalue weighted by molar-refractivity contribution is -0.110. The molecule has 1 heterocycles. The fourth-order valence-corrected chi connectivity index (χ4v) is 1.65. The van der Waals surface area contributed by atoms with E-state index in [0.29, 0.717) is 16.6 Å². The van der Waals surface area contributed by atoms with Crippen molar-refractivity contribution in [2.75, 3.05) is 0 Å². The molecule has 5 heteroatoms. The van der Waals surface area contributed by atoms with Crippen LogP contribution in [-0.4, -0.2) is 27.9 Å². The van der Waals surface area contributed by atoms with Crippen LogP contribution in [0.2, 0.25) is 5.02 Å². The Morgan fingerprint density at radius 3 is 2.68 bits per heavy atom. The number of hydrogen-bond donors (Lipinski definition) is 1. The maximum absolute atomic E-state index is 9.85. The number of nitrogens with zero attached hydrogens (tertiary/aromatic N) is 3. The topological polar surface area (TPSA) is 48.2 Å². The smallest absolute Gasteiger partial charge is 0.159 e.